The van der Waals surface area contributed by atoms with E-state index in [0.29, 0.717) is 12.5 Å². The summed E-state index contributed by atoms with van der Waals surface area (Å²) in [6.07, 6.45) is 0.282. The number of benzene rings is 1. The fourth-order valence-electron chi connectivity index (χ4n) is 2.12. The van der Waals surface area contributed by atoms with E-state index in [2.05, 4.69) is 42.2 Å². The smallest absolute Gasteiger partial charge is 0.239 e. The number of anilines is 1. The number of amides is 2. The quantitative estimate of drug-likeness (QED) is 0.247. The van der Waals surface area contributed by atoms with Crippen molar-refractivity contribution in [2.75, 3.05) is 25.5 Å². The monoisotopic (exact) mass is 553 g/mol. The summed E-state index contributed by atoms with van der Waals surface area (Å²) in [6, 6.07) is 5.69. The SMILES string of the molecule is CN=C(NCCC(=O)Nc1ccc(Br)cc1C)NCC(=O)NC(C)(C)C.I. The summed E-state index contributed by atoms with van der Waals surface area (Å²) in [5, 5.41) is 11.7. The molecule has 1 rings (SSSR count). The summed E-state index contributed by atoms with van der Waals surface area (Å²) in [5.74, 6) is 0.259. The fourth-order valence-corrected chi connectivity index (χ4v) is 2.60. The van der Waals surface area contributed by atoms with E-state index >= 15 is 0 Å². The number of nitrogens with one attached hydrogen (secondary N) is 4. The maximum atomic E-state index is 12.1. The molecule has 0 unspecified atom stereocenters. The van der Waals surface area contributed by atoms with Crippen LogP contribution in [0.5, 0.6) is 0 Å². The number of nitrogens with zero attached hydrogens (tertiary/aromatic N) is 1. The van der Waals surface area contributed by atoms with Crippen molar-refractivity contribution in [2.24, 2.45) is 4.99 Å². The lowest BCUT2D eigenvalue weighted by Crippen LogP contribution is -2.48. The molecule has 0 aliphatic carbocycles. The number of carbonyl (C=O) groups excluding carboxylic acids is 2. The van der Waals surface area contributed by atoms with Crippen LogP contribution in [0.1, 0.15) is 32.8 Å². The van der Waals surface area contributed by atoms with E-state index in [1.807, 2.05) is 45.9 Å². The van der Waals surface area contributed by atoms with Crippen LogP contribution in [0.25, 0.3) is 0 Å². The zero-order valence-electron chi connectivity index (χ0n) is 16.4. The Labute approximate surface area is 186 Å². The van der Waals surface area contributed by atoms with Crippen LogP contribution in [-0.4, -0.2) is 43.5 Å². The Morgan fingerprint density at radius 3 is 2.37 bits per heavy atom. The second kappa shape index (κ2) is 12.2. The number of hydrogen-bond acceptors (Lipinski definition) is 3. The van der Waals surface area contributed by atoms with Crippen LogP contribution in [-0.2, 0) is 9.59 Å². The third-order valence-corrected chi connectivity index (χ3v) is 3.75. The summed E-state index contributed by atoms with van der Waals surface area (Å²) in [5.41, 5.74) is 1.50. The Kier molecular flexibility index (Phi) is 11.6. The van der Waals surface area contributed by atoms with Gasteiger partial charge in [0.05, 0.1) is 6.54 Å². The third kappa shape index (κ3) is 11.2. The lowest BCUT2D eigenvalue weighted by molar-refractivity contribution is -0.121. The van der Waals surface area contributed by atoms with Gasteiger partial charge < -0.3 is 21.3 Å². The molecule has 0 spiro atoms. The van der Waals surface area contributed by atoms with Gasteiger partial charge in [-0.1, -0.05) is 15.9 Å². The second-order valence-electron chi connectivity index (χ2n) is 6.91. The molecule has 0 radical (unpaired) electrons. The minimum atomic E-state index is -0.279. The van der Waals surface area contributed by atoms with Crippen molar-refractivity contribution in [3.8, 4) is 0 Å². The molecule has 7 nitrogen and oxygen atoms in total. The van der Waals surface area contributed by atoms with Crippen molar-refractivity contribution < 1.29 is 9.59 Å². The Morgan fingerprint density at radius 1 is 1.15 bits per heavy atom. The Morgan fingerprint density at radius 2 is 1.81 bits per heavy atom. The molecule has 27 heavy (non-hydrogen) atoms. The molecule has 0 aliphatic heterocycles. The molecule has 0 aliphatic rings. The molecule has 4 N–H and O–H groups in total. The minimum absolute atomic E-state index is 0. The lowest BCUT2D eigenvalue weighted by atomic mass is 10.1. The first-order chi connectivity index (χ1) is 12.1. The van der Waals surface area contributed by atoms with Crippen molar-refractivity contribution >= 4 is 63.4 Å². The van der Waals surface area contributed by atoms with E-state index in [4.69, 9.17) is 0 Å². The molecular formula is C18H29BrIN5O2. The first-order valence-corrected chi connectivity index (χ1v) is 9.21. The molecule has 152 valence electrons. The van der Waals surface area contributed by atoms with Crippen LogP contribution < -0.4 is 21.3 Å². The van der Waals surface area contributed by atoms with Gasteiger partial charge in [0.15, 0.2) is 5.96 Å². The van der Waals surface area contributed by atoms with E-state index in [0.717, 1.165) is 15.7 Å². The maximum Gasteiger partial charge on any atom is 0.239 e. The highest BCUT2D eigenvalue weighted by Gasteiger charge is 2.13. The van der Waals surface area contributed by atoms with Gasteiger partial charge in [0.1, 0.15) is 0 Å². The van der Waals surface area contributed by atoms with Gasteiger partial charge in [0.25, 0.3) is 0 Å². The molecule has 0 bridgehead atoms. The number of aryl methyl sites for hydroxylation is 1. The number of hydrogen-bond donors (Lipinski definition) is 4. The van der Waals surface area contributed by atoms with Gasteiger partial charge in [-0.15, -0.1) is 24.0 Å². The Bertz CT molecular complexity index is 674. The van der Waals surface area contributed by atoms with Gasteiger partial charge in [0, 0.05) is 35.7 Å². The van der Waals surface area contributed by atoms with E-state index in [9.17, 15) is 9.59 Å². The predicted octanol–water partition coefficient (Wildman–Crippen LogP) is 2.78. The fraction of sp³-hybridized carbons (Fsp3) is 0.500. The standard InChI is InChI=1S/C18H28BrN5O2.HI/c1-12-10-13(19)6-7-14(12)23-15(25)8-9-21-17(20-5)22-11-16(26)24-18(2,3)4;/h6-7,10H,8-9,11H2,1-5H3,(H,23,25)(H,24,26)(H2,20,21,22);1H. The normalized spacial score (nSPS) is 11.3. The van der Waals surface area contributed by atoms with Gasteiger partial charge in [-0.2, -0.15) is 0 Å². The highest BCUT2D eigenvalue weighted by molar-refractivity contribution is 14.0. The van der Waals surface area contributed by atoms with Crippen LogP contribution in [0, 0.1) is 6.92 Å². The van der Waals surface area contributed by atoms with Crippen LogP contribution in [0.3, 0.4) is 0 Å². The van der Waals surface area contributed by atoms with Crippen LogP contribution in [0.15, 0.2) is 27.7 Å². The molecular weight excluding hydrogens is 525 g/mol. The maximum absolute atomic E-state index is 12.1. The zero-order chi connectivity index (χ0) is 19.7. The molecule has 0 heterocycles. The zero-order valence-corrected chi connectivity index (χ0v) is 20.3. The van der Waals surface area contributed by atoms with Gasteiger partial charge in [-0.25, -0.2) is 0 Å². The molecule has 9 heteroatoms. The van der Waals surface area contributed by atoms with E-state index in [1.165, 1.54) is 0 Å². The highest BCUT2D eigenvalue weighted by Crippen LogP contribution is 2.19. The predicted molar refractivity (Wildman–Crippen MR) is 125 cm³/mol. The van der Waals surface area contributed by atoms with Crippen molar-refractivity contribution in [1.29, 1.82) is 0 Å². The van der Waals surface area contributed by atoms with Gasteiger partial charge in [-0.3, -0.25) is 14.6 Å². The van der Waals surface area contributed by atoms with E-state index < -0.39 is 0 Å². The summed E-state index contributed by atoms with van der Waals surface area (Å²) in [4.78, 5) is 27.9. The molecule has 0 atom stereocenters. The minimum Gasteiger partial charge on any atom is -0.356 e. The number of guanidine groups is 1. The molecule has 0 saturated carbocycles. The van der Waals surface area contributed by atoms with Crippen LogP contribution in [0.2, 0.25) is 0 Å². The molecule has 1 aromatic carbocycles. The number of aliphatic imine (C=N–C) groups is 1. The van der Waals surface area contributed by atoms with Crippen molar-refractivity contribution in [3.05, 3.63) is 28.2 Å². The van der Waals surface area contributed by atoms with E-state index in [-0.39, 0.29) is 54.3 Å². The van der Waals surface area contributed by atoms with Crippen molar-refractivity contribution in [2.45, 2.75) is 39.7 Å². The molecule has 0 saturated heterocycles. The van der Waals surface area contributed by atoms with Crippen LogP contribution in [0.4, 0.5) is 5.69 Å². The number of carbonyl (C=O) groups is 2. The Hall–Kier alpha value is -1.36. The summed E-state index contributed by atoms with van der Waals surface area (Å²) < 4.78 is 0.972. The molecule has 1 aromatic rings. The average Bonchev–Trinajstić information content (AvgIpc) is 2.51. The van der Waals surface area contributed by atoms with Gasteiger partial charge in [-0.05, 0) is 51.5 Å². The molecule has 2 amide bonds. The Balaban J connectivity index is 0.00000676. The lowest BCUT2D eigenvalue weighted by Gasteiger charge is -2.21. The molecule has 0 aromatic heterocycles. The summed E-state index contributed by atoms with van der Waals surface area (Å²) in [7, 11) is 1.61. The molecule has 0 fully saturated rings. The summed E-state index contributed by atoms with van der Waals surface area (Å²) >= 11 is 3.40. The highest BCUT2D eigenvalue weighted by atomic mass is 127. The largest absolute Gasteiger partial charge is 0.356 e. The second-order valence-corrected chi connectivity index (χ2v) is 7.82. The first kappa shape index (κ1) is 25.6. The van der Waals surface area contributed by atoms with Gasteiger partial charge in [0.2, 0.25) is 11.8 Å². The topological polar surface area (TPSA) is 94.6 Å². The summed E-state index contributed by atoms with van der Waals surface area (Å²) in [6.45, 7) is 8.22. The first-order valence-electron chi connectivity index (χ1n) is 8.42. The van der Waals surface area contributed by atoms with Crippen LogP contribution >= 0.6 is 39.9 Å². The number of halogens is 2. The third-order valence-electron chi connectivity index (χ3n) is 3.26. The number of rotatable bonds is 6. The average molecular weight is 554 g/mol. The van der Waals surface area contributed by atoms with Crippen molar-refractivity contribution in [1.82, 2.24) is 16.0 Å². The van der Waals surface area contributed by atoms with Gasteiger partial charge >= 0.3 is 0 Å². The van der Waals surface area contributed by atoms with E-state index in [1.54, 1.807) is 7.05 Å². The van der Waals surface area contributed by atoms with Crippen molar-refractivity contribution in [3.63, 3.8) is 0 Å².